The molecule has 1 atom stereocenters. The number of benzene rings is 1. The van der Waals surface area contributed by atoms with Crippen molar-refractivity contribution in [1.29, 1.82) is 0 Å². The zero-order valence-electron chi connectivity index (χ0n) is 13.7. The van der Waals surface area contributed by atoms with E-state index in [9.17, 15) is 13.6 Å². The van der Waals surface area contributed by atoms with Crippen LogP contribution in [0.3, 0.4) is 0 Å². The predicted molar refractivity (Wildman–Crippen MR) is 86.6 cm³/mol. The number of H-pyrrole nitrogens is 1. The fourth-order valence-electron chi connectivity index (χ4n) is 3.28. The summed E-state index contributed by atoms with van der Waals surface area (Å²) in [7, 11) is 0. The lowest BCUT2D eigenvalue weighted by molar-refractivity contribution is 0.0662. The molecule has 0 bridgehead atoms. The lowest BCUT2D eigenvalue weighted by Gasteiger charge is -2.32. The van der Waals surface area contributed by atoms with Crippen molar-refractivity contribution in [3.05, 3.63) is 53.1 Å². The van der Waals surface area contributed by atoms with Gasteiger partial charge in [0.25, 0.3) is 5.91 Å². The van der Waals surface area contributed by atoms with Gasteiger partial charge in [0.1, 0.15) is 5.69 Å². The molecular formula is C18H21F2N3O. The van der Waals surface area contributed by atoms with E-state index in [1.165, 1.54) is 18.5 Å². The number of imidazole rings is 1. The largest absolute Gasteiger partial charge is 0.348 e. The van der Waals surface area contributed by atoms with Gasteiger partial charge in [-0.25, -0.2) is 13.8 Å². The minimum atomic E-state index is -0.817. The third-order valence-electron chi connectivity index (χ3n) is 4.66. The number of nitrogens with zero attached hydrogens (tertiary/aromatic N) is 2. The van der Waals surface area contributed by atoms with E-state index in [2.05, 4.69) is 9.97 Å². The Balaban J connectivity index is 1.58. The van der Waals surface area contributed by atoms with Crippen molar-refractivity contribution in [2.75, 3.05) is 13.1 Å². The van der Waals surface area contributed by atoms with Crippen molar-refractivity contribution >= 4 is 5.91 Å². The van der Waals surface area contributed by atoms with Crippen molar-refractivity contribution in [3.63, 3.8) is 0 Å². The number of amides is 1. The van der Waals surface area contributed by atoms with Crippen LogP contribution in [0.15, 0.2) is 24.5 Å². The molecule has 1 N–H and O–H groups in total. The van der Waals surface area contributed by atoms with Crippen molar-refractivity contribution in [2.45, 2.75) is 32.6 Å². The normalized spacial score (nSPS) is 18.0. The summed E-state index contributed by atoms with van der Waals surface area (Å²) in [6.07, 6.45) is 5.08. The smallest absolute Gasteiger partial charge is 0.274 e. The van der Waals surface area contributed by atoms with Gasteiger partial charge < -0.3 is 9.88 Å². The lowest BCUT2D eigenvalue weighted by Crippen LogP contribution is -2.40. The van der Waals surface area contributed by atoms with E-state index in [4.69, 9.17) is 0 Å². The number of aromatic amines is 1. The Morgan fingerprint density at radius 3 is 2.92 bits per heavy atom. The maximum absolute atomic E-state index is 13.3. The van der Waals surface area contributed by atoms with E-state index >= 15 is 0 Å². The van der Waals surface area contributed by atoms with Gasteiger partial charge >= 0.3 is 0 Å². The van der Waals surface area contributed by atoms with E-state index in [-0.39, 0.29) is 5.91 Å². The van der Waals surface area contributed by atoms with Crippen LogP contribution in [0.2, 0.25) is 0 Å². The second kappa shape index (κ2) is 7.11. The zero-order valence-corrected chi connectivity index (χ0v) is 13.7. The molecule has 0 aliphatic carbocycles. The molecule has 1 saturated heterocycles. The van der Waals surface area contributed by atoms with E-state index in [0.717, 1.165) is 37.1 Å². The molecule has 0 spiro atoms. The Bertz CT molecular complexity index is 729. The average molecular weight is 333 g/mol. The molecule has 0 radical (unpaired) electrons. The van der Waals surface area contributed by atoms with E-state index in [1.54, 1.807) is 6.07 Å². The maximum atomic E-state index is 13.3. The standard InChI is InChI=1S/C18H21F2N3O/c1-12-17(22-11-21-12)18(24)23-8-2-3-14(10-23)5-4-13-6-7-15(19)16(20)9-13/h6-7,9,11,14H,2-5,8,10H2,1H3,(H,21,22)/t14-/m0/s1. The number of nitrogens with one attached hydrogen (secondary N) is 1. The summed E-state index contributed by atoms with van der Waals surface area (Å²) in [4.78, 5) is 21.4. The Hall–Kier alpha value is -2.24. The molecule has 6 heteroatoms. The first-order valence-electron chi connectivity index (χ1n) is 8.27. The number of likely N-dealkylation sites (tertiary alicyclic amines) is 1. The van der Waals surface area contributed by atoms with Crippen molar-refractivity contribution < 1.29 is 13.6 Å². The predicted octanol–water partition coefficient (Wildman–Crippen LogP) is 3.48. The summed E-state index contributed by atoms with van der Waals surface area (Å²) in [6, 6.07) is 4.05. The number of carbonyl (C=O) groups excluding carboxylic acids is 1. The Morgan fingerprint density at radius 2 is 2.21 bits per heavy atom. The molecule has 2 heterocycles. The minimum absolute atomic E-state index is 0.0359. The zero-order chi connectivity index (χ0) is 17.1. The SMILES string of the molecule is Cc1[nH]cnc1C(=O)N1CCC[C@@H](CCc2ccc(F)c(F)c2)C1. The van der Waals surface area contributed by atoms with Crippen LogP contribution in [0.4, 0.5) is 8.78 Å². The average Bonchev–Trinajstić information content (AvgIpc) is 3.01. The van der Waals surface area contributed by atoms with Gasteiger partial charge in [-0.05, 0) is 56.2 Å². The van der Waals surface area contributed by atoms with Crippen LogP contribution in [-0.4, -0.2) is 33.9 Å². The Morgan fingerprint density at radius 1 is 1.38 bits per heavy atom. The fourth-order valence-corrected chi connectivity index (χ4v) is 3.28. The van der Waals surface area contributed by atoms with Gasteiger partial charge in [-0.3, -0.25) is 4.79 Å². The molecule has 1 amide bonds. The van der Waals surface area contributed by atoms with Crippen LogP contribution in [0.25, 0.3) is 0 Å². The van der Waals surface area contributed by atoms with Gasteiger partial charge in [0.05, 0.1) is 6.33 Å². The number of hydrogen-bond acceptors (Lipinski definition) is 2. The number of carbonyl (C=O) groups is 1. The molecular weight excluding hydrogens is 312 g/mol. The van der Waals surface area contributed by atoms with Crippen LogP contribution in [-0.2, 0) is 6.42 Å². The molecule has 1 aliphatic heterocycles. The number of piperidine rings is 1. The highest BCUT2D eigenvalue weighted by Crippen LogP contribution is 2.23. The van der Waals surface area contributed by atoms with Crippen LogP contribution < -0.4 is 0 Å². The molecule has 1 aliphatic rings. The molecule has 2 aromatic rings. The van der Waals surface area contributed by atoms with Gasteiger partial charge in [0.2, 0.25) is 0 Å². The number of aryl methyl sites for hydroxylation is 2. The first kappa shape index (κ1) is 16.6. The second-order valence-electron chi connectivity index (χ2n) is 6.42. The third-order valence-corrected chi connectivity index (χ3v) is 4.66. The molecule has 0 unspecified atom stereocenters. The van der Waals surface area contributed by atoms with Gasteiger partial charge in [0, 0.05) is 18.8 Å². The first-order chi connectivity index (χ1) is 11.5. The lowest BCUT2D eigenvalue weighted by atomic mass is 9.91. The quantitative estimate of drug-likeness (QED) is 0.931. The number of aromatic nitrogens is 2. The first-order valence-corrected chi connectivity index (χ1v) is 8.27. The monoisotopic (exact) mass is 333 g/mol. The third kappa shape index (κ3) is 3.63. The molecule has 3 rings (SSSR count). The van der Waals surface area contributed by atoms with Crippen molar-refractivity contribution in [2.24, 2.45) is 5.92 Å². The topological polar surface area (TPSA) is 49.0 Å². The van der Waals surface area contributed by atoms with Crippen LogP contribution in [0.5, 0.6) is 0 Å². The summed E-state index contributed by atoms with van der Waals surface area (Å²) in [6.45, 7) is 3.27. The summed E-state index contributed by atoms with van der Waals surface area (Å²) >= 11 is 0. The highest BCUT2D eigenvalue weighted by molar-refractivity contribution is 5.93. The van der Waals surface area contributed by atoms with Gasteiger partial charge in [-0.15, -0.1) is 0 Å². The van der Waals surface area contributed by atoms with E-state index in [1.807, 2.05) is 11.8 Å². The van der Waals surface area contributed by atoms with Gasteiger partial charge in [-0.1, -0.05) is 6.07 Å². The molecule has 1 fully saturated rings. The Kier molecular flexibility index (Phi) is 4.92. The van der Waals surface area contributed by atoms with Crippen molar-refractivity contribution in [3.8, 4) is 0 Å². The molecule has 1 aromatic heterocycles. The van der Waals surface area contributed by atoms with Crippen molar-refractivity contribution in [1.82, 2.24) is 14.9 Å². The highest BCUT2D eigenvalue weighted by Gasteiger charge is 2.26. The van der Waals surface area contributed by atoms with Gasteiger partial charge in [-0.2, -0.15) is 0 Å². The van der Waals surface area contributed by atoms with E-state index < -0.39 is 11.6 Å². The summed E-state index contributed by atoms with van der Waals surface area (Å²) < 4.78 is 26.2. The molecule has 1 aromatic carbocycles. The number of hydrogen-bond donors (Lipinski definition) is 1. The highest BCUT2D eigenvalue weighted by atomic mass is 19.2. The van der Waals surface area contributed by atoms with Crippen LogP contribution >= 0.6 is 0 Å². The summed E-state index contributed by atoms with van der Waals surface area (Å²) in [5.74, 6) is -1.29. The summed E-state index contributed by atoms with van der Waals surface area (Å²) in [5, 5.41) is 0. The van der Waals surface area contributed by atoms with Gasteiger partial charge in [0.15, 0.2) is 11.6 Å². The fraction of sp³-hybridized carbons (Fsp3) is 0.444. The van der Waals surface area contributed by atoms with Crippen LogP contribution in [0.1, 0.15) is 41.0 Å². The second-order valence-corrected chi connectivity index (χ2v) is 6.42. The molecule has 0 saturated carbocycles. The van der Waals surface area contributed by atoms with Crippen LogP contribution in [0, 0.1) is 24.5 Å². The Labute approximate surface area is 139 Å². The number of rotatable bonds is 4. The molecule has 128 valence electrons. The summed E-state index contributed by atoms with van der Waals surface area (Å²) in [5.41, 5.74) is 2.06. The minimum Gasteiger partial charge on any atom is -0.348 e. The maximum Gasteiger partial charge on any atom is 0.274 e. The van der Waals surface area contributed by atoms with E-state index in [0.29, 0.717) is 24.6 Å². The molecule has 24 heavy (non-hydrogen) atoms. The molecule has 4 nitrogen and oxygen atoms in total. The number of halogens is 2.